The minimum Gasteiger partial charge on any atom is -0.383 e. The Morgan fingerprint density at radius 3 is 2.82 bits per heavy atom. The van der Waals surface area contributed by atoms with E-state index in [9.17, 15) is 4.79 Å². The minimum absolute atomic E-state index is 0.133. The summed E-state index contributed by atoms with van der Waals surface area (Å²) in [7, 11) is 0. The molecule has 1 unspecified atom stereocenters. The maximum Gasteiger partial charge on any atom is 0.280 e. The average molecular weight is 238 g/mol. The van der Waals surface area contributed by atoms with Gasteiger partial charge >= 0.3 is 0 Å². The molecule has 1 aromatic rings. The van der Waals surface area contributed by atoms with Gasteiger partial charge in [0, 0.05) is 18.0 Å². The van der Waals surface area contributed by atoms with Crippen molar-refractivity contribution in [1.29, 1.82) is 0 Å². The fourth-order valence-electron chi connectivity index (χ4n) is 2.66. The first-order chi connectivity index (χ1) is 7.94. The van der Waals surface area contributed by atoms with Gasteiger partial charge < -0.3 is 9.84 Å². The summed E-state index contributed by atoms with van der Waals surface area (Å²) in [5.41, 5.74) is 0.198. The molecular formula is C13H22N2O2. The van der Waals surface area contributed by atoms with Gasteiger partial charge in [0.1, 0.15) is 5.76 Å². The molecule has 0 aromatic carbocycles. The highest BCUT2D eigenvalue weighted by Crippen LogP contribution is 2.31. The summed E-state index contributed by atoms with van der Waals surface area (Å²) in [4.78, 5) is 11.1. The zero-order valence-electron chi connectivity index (χ0n) is 10.9. The molecule has 96 valence electrons. The largest absolute Gasteiger partial charge is 0.383 e. The lowest BCUT2D eigenvalue weighted by Crippen LogP contribution is -2.39. The summed E-state index contributed by atoms with van der Waals surface area (Å²) in [6.45, 7) is 7.78. The van der Waals surface area contributed by atoms with Crippen LogP contribution in [-0.2, 0) is 0 Å². The Morgan fingerprint density at radius 1 is 1.47 bits per heavy atom. The predicted octanol–water partition coefficient (Wildman–Crippen LogP) is 2.24. The number of nitrogens with one attached hydrogen (secondary N) is 2. The Morgan fingerprint density at radius 2 is 2.24 bits per heavy atom. The van der Waals surface area contributed by atoms with Gasteiger partial charge in [0.25, 0.3) is 5.56 Å². The van der Waals surface area contributed by atoms with E-state index in [1.54, 1.807) is 6.07 Å². The van der Waals surface area contributed by atoms with Crippen molar-refractivity contribution < 1.29 is 4.52 Å². The van der Waals surface area contributed by atoms with Gasteiger partial charge in [0.05, 0.1) is 0 Å². The zero-order chi connectivity index (χ0) is 12.5. The fraction of sp³-hybridized carbons (Fsp3) is 0.769. The molecule has 2 N–H and O–H groups in total. The van der Waals surface area contributed by atoms with Crippen LogP contribution in [0.5, 0.6) is 0 Å². The molecule has 0 saturated carbocycles. The molecule has 1 aromatic heterocycles. The summed E-state index contributed by atoms with van der Waals surface area (Å²) in [6, 6.07) is 2.11. The van der Waals surface area contributed by atoms with Crippen molar-refractivity contribution in [1.82, 2.24) is 10.5 Å². The van der Waals surface area contributed by atoms with Crippen LogP contribution < -0.4 is 10.9 Å². The zero-order valence-corrected chi connectivity index (χ0v) is 10.9. The monoisotopic (exact) mass is 238 g/mol. The maximum atomic E-state index is 11.1. The van der Waals surface area contributed by atoms with Crippen molar-refractivity contribution in [2.75, 3.05) is 6.54 Å². The van der Waals surface area contributed by atoms with Crippen LogP contribution in [0.15, 0.2) is 15.4 Å². The van der Waals surface area contributed by atoms with Crippen LogP contribution in [0.4, 0.5) is 0 Å². The third-order valence-electron chi connectivity index (χ3n) is 3.30. The molecule has 0 spiro atoms. The predicted molar refractivity (Wildman–Crippen MR) is 67.2 cm³/mol. The van der Waals surface area contributed by atoms with Crippen LogP contribution in [0, 0.1) is 5.41 Å². The van der Waals surface area contributed by atoms with Gasteiger partial charge in [-0.25, -0.2) is 0 Å². The minimum atomic E-state index is -0.133. The normalized spacial score (nSPS) is 26.1. The van der Waals surface area contributed by atoms with Gasteiger partial charge in [-0.1, -0.05) is 20.8 Å². The molecule has 17 heavy (non-hydrogen) atoms. The summed E-state index contributed by atoms with van der Waals surface area (Å²) < 4.78 is 5.22. The Balaban J connectivity index is 2.00. The van der Waals surface area contributed by atoms with Gasteiger partial charge in [-0.05, 0) is 31.2 Å². The Bertz CT molecular complexity index is 414. The fourth-order valence-corrected chi connectivity index (χ4v) is 2.66. The first-order valence-corrected chi connectivity index (χ1v) is 6.36. The first kappa shape index (κ1) is 12.4. The smallest absolute Gasteiger partial charge is 0.280 e. The Hall–Kier alpha value is -1.03. The van der Waals surface area contributed by atoms with Crippen molar-refractivity contribution in [2.45, 2.75) is 52.0 Å². The van der Waals surface area contributed by atoms with Gasteiger partial charge in [0.15, 0.2) is 0 Å². The van der Waals surface area contributed by atoms with E-state index in [0.29, 0.717) is 17.4 Å². The molecule has 0 amide bonds. The lowest BCUT2D eigenvalue weighted by Gasteiger charge is -2.33. The van der Waals surface area contributed by atoms with Crippen LogP contribution in [0.3, 0.4) is 0 Å². The van der Waals surface area contributed by atoms with Gasteiger partial charge in [-0.2, -0.15) is 5.16 Å². The lowest BCUT2D eigenvalue weighted by molar-refractivity contribution is 0.239. The van der Waals surface area contributed by atoms with E-state index < -0.39 is 0 Å². The Labute approximate surface area is 102 Å². The second kappa shape index (κ2) is 4.69. The van der Waals surface area contributed by atoms with Crippen LogP contribution >= 0.6 is 0 Å². The molecule has 0 aliphatic carbocycles. The number of rotatable bonds is 2. The Kier molecular flexibility index (Phi) is 3.43. The number of hydrogen-bond donors (Lipinski definition) is 2. The number of H-pyrrole nitrogens is 1. The number of aromatic amines is 1. The highest BCUT2D eigenvalue weighted by molar-refractivity contribution is 5.05. The van der Waals surface area contributed by atoms with E-state index in [1.165, 1.54) is 0 Å². The third-order valence-corrected chi connectivity index (χ3v) is 3.30. The van der Waals surface area contributed by atoms with Crippen molar-refractivity contribution in [3.63, 3.8) is 0 Å². The van der Waals surface area contributed by atoms with E-state index in [0.717, 1.165) is 31.6 Å². The summed E-state index contributed by atoms with van der Waals surface area (Å²) in [6.07, 6.45) is 3.25. The second-order valence-corrected chi connectivity index (χ2v) is 6.25. The highest BCUT2D eigenvalue weighted by Gasteiger charge is 2.28. The molecule has 1 aliphatic heterocycles. The summed E-state index contributed by atoms with van der Waals surface area (Å²) in [5, 5.41) is 5.93. The number of hydrogen-bond acceptors (Lipinski definition) is 3. The molecule has 1 saturated heterocycles. The first-order valence-electron chi connectivity index (χ1n) is 6.36. The van der Waals surface area contributed by atoms with Gasteiger partial charge in [-0.3, -0.25) is 4.79 Å². The van der Waals surface area contributed by atoms with Gasteiger partial charge in [-0.15, -0.1) is 0 Å². The van der Waals surface area contributed by atoms with Crippen LogP contribution in [0.1, 0.15) is 51.7 Å². The highest BCUT2D eigenvalue weighted by atomic mass is 16.5. The van der Waals surface area contributed by atoms with E-state index in [1.807, 2.05) is 0 Å². The van der Waals surface area contributed by atoms with Crippen molar-refractivity contribution in [3.05, 3.63) is 22.2 Å². The number of piperidine rings is 1. The third kappa shape index (κ3) is 3.46. The van der Waals surface area contributed by atoms with Crippen molar-refractivity contribution in [3.8, 4) is 0 Å². The maximum absolute atomic E-state index is 11.1. The standard InChI is InChI=1S/C13H22N2O2/c1-13(2,3)8-10-6-9(4-5-14-10)11-7-12(16)15-17-11/h7,9-10,14H,4-6,8H2,1-3H3,(H,15,16)/t9?,10-/m1/s1. The SMILES string of the molecule is CC(C)(C)C[C@H]1CC(c2cc(=O)[nH]o2)CCN1. The lowest BCUT2D eigenvalue weighted by atomic mass is 9.81. The average Bonchev–Trinajstić information content (AvgIpc) is 2.63. The molecule has 0 radical (unpaired) electrons. The van der Waals surface area contributed by atoms with Crippen molar-refractivity contribution >= 4 is 0 Å². The molecule has 4 heteroatoms. The second-order valence-electron chi connectivity index (χ2n) is 6.25. The molecule has 2 atom stereocenters. The quantitative estimate of drug-likeness (QED) is 0.830. The van der Waals surface area contributed by atoms with Crippen LogP contribution in [0.25, 0.3) is 0 Å². The van der Waals surface area contributed by atoms with E-state index in [4.69, 9.17) is 4.52 Å². The van der Waals surface area contributed by atoms with Crippen LogP contribution in [0.2, 0.25) is 0 Å². The molecule has 0 bridgehead atoms. The van der Waals surface area contributed by atoms with E-state index >= 15 is 0 Å². The molecule has 4 nitrogen and oxygen atoms in total. The van der Waals surface area contributed by atoms with E-state index in [2.05, 4.69) is 31.2 Å². The number of aromatic nitrogens is 1. The molecular weight excluding hydrogens is 216 g/mol. The summed E-state index contributed by atoms with van der Waals surface area (Å²) >= 11 is 0. The van der Waals surface area contributed by atoms with Gasteiger partial charge in [0.2, 0.25) is 0 Å². The molecule has 1 fully saturated rings. The van der Waals surface area contributed by atoms with E-state index in [-0.39, 0.29) is 5.56 Å². The van der Waals surface area contributed by atoms with Crippen molar-refractivity contribution in [2.24, 2.45) is 5.41 Å². The topological polar surface area (TPSA) is 58.0 Å². The van der Waals surface area contributed by atoms with Crippen LogP contribution in [-0.4, -0.2) is 17.7 Å². The summed E-state index contributed by atoms with van der Waals surface area (Å²) in [5.74, 6) is 1.19. The molecule has 2 heterocycles. The molecule has 2 rings (SSSR count). The molecule has 1 aliphatic rings.